The fourth-order valence-electron chi connectivity index (χ4n) is 1.75. The fraction of sp³-hybridized carbons (Fsp3) is 0.273. The molecule has 2 aromatic heterocycles. The van der Waals surface area contributed by atoms with Crippen LogP contribution in [0.2, 0.25) is 4.34 Å². The van der Waals surface area contributed by atoms with Crippen molar-refractivity contribution in [2.75, 3.05) is 11.1 Å². The van der Waals surface area contributed by atoms with E-state index >= 15 is 0 Å². The zero-order valence-electron chi connectivity index (χ0n) is 10.8. The standard InChI is InChI=1S/C11H12ClN5O2S/c1-5(7-3-4-8(12)20-7)14-10-9(17(18)19)6(2)15-11(13)16-10/h3-5H,1-2H3,(H3,13,14,15,16). The Hall–Kier alpha value is -1.93. The molecule has 0 aliphatic heterocycles. The lowest BCUT2D eigenvalue weighted by atomic mass is 10.2. The first-order chi connectivity index (χ1) is 9.38. The molecule has 0 aliphatic carbocycles. The molecule has 0 bridgehead atoms. The Kier molecular flexibility index (Phi) is 4.05. The van der Waals surface area contributed by atoms with E-state index in [1.54, 1.807) is 6.07 Å². The number of nitrogens with one attached hydrogen (secondary N) is 1. The summed E-state index contributed by atoms with van der Waals surface area (Å²) in [6, 6.07) is 3.45. The molecule has 2 rings (SSSR count). The normalized spacial score (nSPS) is 12.2. The van der Waals surface area contributed by atoms with Gasteiger partial charge in [-0.3, -0.25) is 10.1 Å². The molecule has 9 heteroatoms. The summed E-state index contributed by atoms with van der Waals surface area (Å²) in [5, 5.41) is 14.1. The lowest BCUT2D eigenvalue weighted by Crippen LogP contribution is -2.12. The van der Waals surface area contributed by atoms with Gasteiger partial charge in [-0.1, -0.05) is 11.6 Å². The zero-order chi connectivity index (χ0) is 14.9. The van der Waals surface area contributed by atoms with Gasteiger partial charge in [0.15, 0.2) is 0 Å². The van der Waals surface area contributed by atoms with Gasteiger partial charge in [-0.15, -0.1) is 11.3 Å². The van der Waals surface area contributed by atoms with Crippen LogP contribution in [0.15, 0.2) is 12.1 Å². The SMILES string of the molecule is Cc1nc(N)nc(NC(C)c2ccc(Cl)s2)c1[N+](=O)[O-]. The van der Waals surface area contributed by atoms with Crippen LogP contribution in [0.3, 0.4) is 0 Å². The predicted molar refractivity (Wildman–Crippen MR) is 79.2 cm³/mol. The van der Waals surface area contributed by atoms with Gasteiger partial charge >= 0.3 is 5.69 Å². The van der Waals surface area contributed by atoms with E-state index < -0.39 is 4.92 Å². The molecule has 2 heterocycles. The topological polar surface area (TPSA) is 107 Å². The van der Waals surface area contributed by atoms with Crippen molar-refractivity contribution in [3.63, 3.8) is 0 Å². The highest BCUT2D eigenvalue weighted by molar-refractivity contribution is 7.16. The van der Waals surface area contributed by atoms with Crippen LogP contribution in [0, 0.1) is 17.0 Å². The first-order valence-corrected chi connectivity index (χ1v) is 6.88. The Morgan fingerprint density at radius 1 is 1.50 bits per heavy atom. The summed E-state index contributed by atoms with van der Waals surface area (Å²) in [6.07, 6.45) is 0. The quantitative estimate of drug-likeness (QED) is 0.663. The number of halogens is 1. The van der Waals surface area contributed by atoms with Crippen LogP contribution in [0.5, 0.6) is 0 Å². The maximum absolute atomic E-state index is 11.1. The predicted octanol–water partition coefficient (Wildman–Crippen LogP) is 3.16. The number of hydrogen-bond acceptors (Lipinski definition) is 7. The third-order valence-electron chi connectivity index (χ3n) is 2.63. The molecule has 1 unspecified atom stereocenters. The summed E-state index contributed by atoms with van der Waals surface area (Å²) in [4.78, 5) is 19.2. The van der Waals surface area contributed by atoms with Crippen LogP contribution in [0.1, 0.15) is 23.5 Å². The summed E-state index contributed by atoms with van der Waals surface area (Å²) in [5.74, 6) is 0.101. The number of anilines is 2. The number of nitro groups is 1. The van der Waals surface area contributed by atoms with E-state index in [0.717, 1.165) is 4.88 Å². The van der Waals surface area contributed by atoms with Gasteiger partial charge in [0.2, 0.25) is 11.8 Å². The average Bonchev–Trinajstić information content (AvgIpc) is 2.74. The molecule has 20 heavy (non-hydrogen) atoms. The van der Waals surface area contributed by atoms with E-state index in [0.29, 0.717) is 4.34 Å². The van der Waals surface area contributed by atoms with Crippen LogP contribution < -0.4 is 11.1 Å². The van der Waals surface area contributed by atoms with Crippen molar-refractivity contribution in [2.24, 2.45) is 0 Å². The van der Waals surface area contributed by atoms with Crippen LogP contribution >= 0.6 is 22.9 Å². The first-order valence-electron chi connectivity index (χ1n) is 5.68. The molecule has 0 saturated heterocycles. The number of nitrogen functional groups attached to an aromatic ring is 1. The van der Waals surface area contributed by atoms with Crippen molar-refractivity contribution in [1.29, 1.82) is 0 Å². The van der Waals surface area contributed by atoms with Crippen LogP contribution in [-0.2, 0) is 0 Å². The molecule has 0 saturated carbocycles. The minimum Gasteiger partial charge on any atom is -0.368 e. The van der Waals surface area contributed by atoms with E-state index in [1.165, 1.54) is 18.3 Å². The summed E-state index contributed by atoms with van der Waals surface area (Å²) in [7, 11) is 0. The molecular weight excluding hydrogens is 302 g/mol. The number of aryl methyl sites for hydroxylation is 1. The fourth-order valence-corrected chi connectivity index (χ4v) is 2.81. The first kappa shape index (κ1) is 14.5. The molecule has 2 aromatic rings. The van der Waals surface area contributed by atoms with Crippen molar-refractivity contribution < 1.29 is 4.92 Å². The zero-order valence-corrected chi connectivity index (χ0v) is 12.3. The molecule has 106 valence electrons. The van der Waals surface area contributed by atoms with Crippen LogP contribution in [0.4, 0.5) is 17.5 Å². The molecule has 0 aliphatic rings. The van der Waals surface area contributed by atoms with E-state index in [1.807, 2.05) is 13.0 Å². The number of rotatable bonds is 4. The van der Waals surface area contributed by atoms with Gasteiger partial charge in [-0.05, 0) is 26.0 Å². The molecule has 3 N–H and O–H groups in total. The minimum atomic E-state index is -0.523. The van der Waals surface area contributed by atoms with E-state index in [9.17, 15) is 10.1 Å². The summed E-state index contributed by atoms with van der Waals surface area (Å²) in [6.45, 7) is 3.38. The molecule has 0 aromatic carbocycles. The van der Waals surface area contributed by atoms with E-state index in [-0.39, 0.29) is 29.2 Å². The van der Waals surface area contributed by atoms with Gasteiger partial charge in [-0.25, -0.2) is 4.98 Å². The number of hydrogen-bond donors (Lipinski definition) is 2. The summed E-state index contributed by atoms with van der Waals surface area (Å²) >= 11 is 7.27. The van der Waals surface area contributed by atoms with Crippen LogP contribution in [0.25, 0.3) is 0 Å². The van der Waals surface area contributed by atoms with Gasteiger partial charge in [-0.2, -0.15) is 4.98 Å². The lowest BCUT2D eigenvalue weighted by Gasteiger charge is -2.13. The van der Waals surface area contributed by atoms with Crippen molar-refractivity contribution >= 4 is 40.4 Å². The number of nitrogens with zero attached hydrogens (tertiary/aromatic N) is 3. The Balaban J connectivity index is 2.35. The maximum atomic E-state index is 11.1. The van der Waals surface area contributed by atoms with Gasteiger partial charge in [0.05, 0.1) is 15.3 Å². The number of nitrogens with two attached hydrogens (primary N) is 1. The highest BCUT2D eigenvalue weighted by Crippen LogP contribution is 2.32. The third kappa shape index (κ3) is 2.97. The Labute approximate surface area is 124 Å². The largest absolute Gasteiger partial charge is 0.368 e. The second kappa shape index (κ2) is 5.59. The highest BCUT2D eigenvalue weighted by Gasteiger charge is 2.23. The average molecular weight is 314 g/mol. The van der Waals surface area contributed by atoms with Gasteiger partial charge in [0, 0.05) is 4.88 Å². The third-order valence-corrected chi connectivity index (χ3v) is 4.05. The number of aromatic nitrogens is 2. The van der Waals surface area contributed by atoms with E-state index in [2.05, 4.69) is 15.3 Å². The Bertz CT molecular complexity index is 660. The van der Waals surface area contributed by atoms with Gasteiger partial charge < -0.3 is 11.1 Å². The summed E-state index contributed by atoms with van der Waals surface area (Å²) < 4.78 is 0.654. The van der Waals surface area contributed by atoms with E-state index in [4.69, 9.17) is 17.3 Å². The van der Waals surface area contributed by atoms with Gasteiger partial charge in [0.25, 0.3) is 0 Å². The molecule has 0 radical (unpaired) electrons. The number of thiophene rings is 1. The molecule has 0 fully saturated rings. The van der Waals surface area contributed by atoms with Crippen molar-refractivity contribution in [2.45, 2.75) is 19.9 Å². The highest BCUT2D eigenvalue weighted by atomic mass is 35.5. The molecule has 0 amide bonds. The molecule has 0 spiro atoms. The lowest BCUT2D eigenvalue weighted by molar-refractivity contribution is -0.385. The van der Waals surface area contributed by atoms with Crippen molar-refractivity contribution in [3.8, 4) is 0 Å². The molecule has 1 atom stereocenters. The second-order valence-electron chi connectivity index (χ2n) is 4.13. The Morgan fingerprint density at radius 3 is 2.75 bits per heavy atom. The second-order valence-corrected chi connectivity index (χ2v) is 5.88. The summed E-state index contributed by atoms with van der Waals surface area (Å²) in [5.41, 5.74) is 5.59. The molecular formula is C11H12ClN5O2S. The maximum Gasteiger partial charge on any atom is 0.332 e. The minimum absolute atomic E-state index is 0.00740. The van der Waals surface area contributed by atoms with Crippen molar-refractivity contribution in [1.82, 2.24) is 9.97 Å². The smallest absolute Gasteiger partial charge is 0.332 e. The molecule has 7 nitrogen and oxygen atoms in total. The van der Waals surface area contributed by atoms with Crippen molar-refractivity contribution in [3.05, 3.63) is 37.2 Å². The van der Waals surface area contributed by atoms with Gasteiger partial charge in [0.1, 0.15) is 5.69 Å². The monoisotopic (exact) mass is 313 g/mol. The Morgan fingerprint density at radius 2 is 2.20 bits per heavy atom. The van der Waals surface area contributed by atoms with Crippen LogP contribution in [-0.4, -0.2) is 14.9 Å².